The average molecular weight is 536 g/mol. The number of anilines is 1. The summed E-state index contributed by atoms with van der Waals surface area (Å²) in [6.45, 7) is 2.04. The van der Waals surface area contributed by atoms with Crippen molar-refractivity contribution in [2.24, 2.45) is 4.99 Å². The lowest BCUT2D eigenvalue weighted by molar-refractivity contribution is -0.137. The lowest BCUT2D eigenvalue weighted by Gasteiger charge is -2.22. The molecule has 0 unspecified atom stereocenters. The van der Waals surface area contributed by atoms with E-state index in [9.17, 15) is 23.5 Å². The van der Waals surface area contributed by atoms with Crippen LogP contribution in [0.1, 0.15) is 24.5 Å². The quantitative estimate of drug-likeness (QED) is 0.352. The normalized spacial score (nSPS) is 12.8. The zero-order valence-electron chi connectivity index (χ0n) is 21.2. The van der Waals surface area contributed by atoms with Gasteiger partial charge in [-0.3, -0.25) is 4.79 Å². The molecule has 0 bridgehead atoms. The highest BCUT2D eigenvalue weighted by atomic mass is 19.1. The van der Waals surface area contributed by atoms with E-state index >= 15 is 0 Å². The van der Waals surface area contributed by atoms with E-state index < -0.39 is 30.2 Å². The SMILES string of the molecule is CC1=C(CCOc2cccc(CN(CC(=O)O)C(=O)Nc3ccc(F)cc3F)c2)N=C(c2ccccc2)OC1. The van der Waals surface area contributed by atoms with Crippen LogP contribution in [0, 0.1) is 11.6 Å². The Hall–Kier alpha value is -4.73. The first-order valence-corrected chi connectivity index (χ1v) is 12.2. The third-order valence-electron chi connectivity index (χ3n) is 5.84. The molecule has 3 aromatic rings. The molecule has 0 aromatic heterocycles. The van der Waals surface area contributed by atoms with Crippen LogP contribution in [0.4, 0.5) is 19.3 Å². The molecule has 1 heterocycles. The van der Waals surface area contributed by atoms with Crippen LogP contribution in [-0.2, 0) is 16.1 Å². The number of ether oxygens (including phenoxy) is 2. The maximum absolute atomic E-state index is 14.0. The van der Waals surface area contributed by atoms with Crippen molar-refractivity contribution in [2.45, 2.75) is 19.9 Å². The number of nitrogens with one attached hydrogen (secondary N) is 1. The van der Waals surface area contributed by atoms with Crippen LogP contribution in [0.5, 0.6) is 5.75 Å². The van der Waals surface area contributed by atoms with E-state index in [1.165, 1.54) is 0 Å². The van der Waals surface area contributed by atoms with Crippen LogP contribution in [0.2, 0.25) is 0 Å². The second-order valence-corrected chi connectivity index (χ2v) is 8.85. The smallest absolute Gasteiger partial charge is 0.323 e. The third-order valence-corrected chi connectivity index (χ3v) is 5.84. The summed E-state index contributed by atoms with van der Waals surface area (Å²) in [6.07, 6.45) is 0.548. The fourth-order valence-electron chi connectivity index (χ4n) is 3.88. The fraction of sp³-hybridized carbons (Fsp3) is 0.207. The number of urea groups is 1. The van der Waals surface area contributed by atoms with Gasteiger partial charge in [0.25, 0.3) is 0 Å². The molecule has 2 N–H and O–H groups in total. The van der Waals surface area contributed by atoms with Gasteiger partial charge in [0.05, 0.1) is 18.0 Å². The largest absolute Gasteiger partial charge is 0.493 e. The number of amides is 2. The van der Waals surface area contributed by atoms with Crippen molar-refractivity contribution in [1.82, 2.24) is 4.90 Å². The van der Waals surface area contributed by atoms with Crippen LogP contribution in [-0.4, -0.2) is 47.7 Å². The number of aliphatic imine (C=N–C) groups is 1. The molecule has 10 heteroatoms. The Morgan fingerprint density at radius 1 is 1.08 bits per heavy atom. The predicted octanol–water partition coefficient (Wildman–Crippen LogP) is 5.60. The molecule has 0 saturated heterocycles. The van der Waals surface area contributed by atoms with Crippen molar-refractivity contribution in [2.75, 3.05) is 25.1 Å². The van der Waals surface area contributed by atoms with Crippen molar-refractivity contribution < 1.29 is 33.0 Å². The summed E-state index contributed by atoms with van der Waals surface area (Å²) in [5.74, 6) is -1.91. The van der Waals surface area contributed by atoms with Crippen molar-refractivity contribution in [3.63, 3.8) is 0 Å². The molecular weight excluding hydrogens is 508 g/mol. The average Bonchev–Trinajstić information content (AvgIpc) is 2.91. The molecule has 2 amide bonds. The Labute approximate surface area is 224 Å². The van der Waals surface area contributed by atoms with E-state index in [0.717, 1.165) is 33.9 Å². The molecule has 0 atom stereocenters. The van der Waals surface area contributed by atoms with Crippen molar-refractivity contribution in [3.05, 3.63) is 107 Å². The van der Waals surface area contributed by atoms with E-state index in [4.69, 9.17) is 9.47 Å². The number of aliphatic carboxylic acids is 1. The molecule has 39 heavy (non-hydrogen) atoms. The number of carboxylic acid groups (broad SMARTS) is 1. The number of nitrogens with zero attached hydrogens (tertiary/aromatic N) is 2. The molecular formula is C29H27F2N3O5. The van der Waals surface area contributed by atoms with Gasteiger partial charge in [-0.1, -0.05) is 30.3 Å². The zero-order chi connectivity index (χ0) is 27.8. The third kappa shape index (κ3) is 7.64. The van der Waals surface area contributed by atoms with Gasteiger partial charge in [0.1, 0.15) is 30.5 Å². The Balaban J connectivity index is 1.38. The van der Waals surface area contributed by atoms with Crippen LogP contribution in [0.15, 0.2) is 89.1 Å². The number of rotatable bonds is 10. The summed E-state index contributed by atoms with van der Waals surface area (Å²) in [4.78, 5) is 29.7. The lowest BCUT2D eigenvalue weighted by atomic mass is 10.1. The van der Waals surface area contributed by atoms with Gasteiger partial charge in [-0.25, -0.2) is 18.6 Å². The number of carboxylic acids is 1. The molecule has 0 aliphatic carbocycles. The number of halogens is 2. The Morgan fingerprint density at radius 3 is 2.62 bits per heavy atom. The van der Waals surface area contributed by atoms with Gasteiger partial charge in [-0.2, -0.15) is 0 Å². The van der Waals surface area contributed by atoms with Gasteiger partial charge in [-0.15, -0.1) is 0 Å². The number of carbonyl (C=O) groups is 2. The summed E-state index contributed by atoms with van der Waals surface area (Å²) in [5, 5.41) is 11.6. The molecule has 202 valence electrons. The fourth-order valence-corrected chi connectivity index (χ4v) is 3.88. The van der Waals surface area contributed by atoms with Crippen LogP contribution in [0.25, 0.3) is 0 Å². The highest BCUT2D eigenvalue weighted by Crippen LogP contribution is 2.22. The number of hydrogen-bond acceptors (Lipinski definition) is 5. The van der Waals surface area contributed by atoms with E-state index in [1.807, 2.05) is 37.3 Å². The first-order chi connectivity index (χ1) is 18.8. The minimum Gasteiger partial charge on any atom is -0.493 e. The molecule has 0 spiro atoms. The molecule has 0 radical (unpaired) electrons. The number of hydrogen-bond donors (Lipinski definition) is 2. The van der Waals surface area contributed by atoms with Gasteiger partial charge in [0.15, 0.2) is 0 Å². The molecule has 3 aromatic carbocycles. The summed E-state index contributed by atoms with van der Waals surface area (Å²) in [5.41, 5.74) is 3.14. The zero-order valence-corrected chi connectivity index (χ0v) is 21.2. The maximum atomic E-state index is 14.0. The summed E-state index contributed by atoms with van der Waals surface area (Å²) in [6, 6.07) is 18.4. The monoisotopic (exact) mass is 535 g/mol. The minimum absolute atomic E-state index is 0.0789. The predicted molar refractivity (Wildman–Crippen MR) is 142 cm³/mol. The van der Waals surface area contributed by atoms with Gasteiger partial charge < -0.3 is 24.8 Å². The highest BCUT2D eigenvalue weighted by Gasteiger charge is 2.19. The van der Waals surface area contributed by atoms with Crippen LogP contribution < -0.4 is 10.1 Å². The van der Waals surface area contributed by atoms with Gasteiger partial charge in [-0.05, 0) is 54.5 Å². The highest BCUT2D eigenvalue weighted by molar-refractivity contribution is 5.95. The Bertz CT molecular complexity index is 1410. The number of carbonyl (C=O) groups excluding carboxylic acids is 1. The van der Waals surface area contributed by atoms with Gasteiger partial charge in [0.2, 0.25) is 5.90 Å². The lowest BCUT2D eigenvalue weighted by Crippen LogP contribution is -2.38. The first kappa shape index (κ1) is 27.3. The Morgan fingerprint density at radius 2 is 1.87 bits per heavy atom. The standard InChI is InChI=1S/C29H27F2N3O5/c1-19-18-39-28(21-7-3-2-4-8-21)32-25(19)12-13-38-23-9-5-6-20(14-23)16-34(17-27(35)36)29(37)33-26-11-10-22(30)15-24(26)31/h2-11,14-15H,12-13,16-18H2,1H3,(H,33,37)(H,35,36). The molecule has 8 nitrogen and oxygen atoms in total. The molecule has 0 fully saturated rings. The second kappa shape index (κ2) is 12.7. The maximum Gasteiger partial charge on any atom is 0.323 e. The topological polar surface area (TPSA) is 100 Å². The number of benzene rings is 3. The van der Waals surface area contributed by atoms with E-state index in [-0.39, 0.29) is 12.2 Å². The summed E-state index contributed by atoms with van der Waals surface area (Å²) in [7, 11) is 0. The molecule has 4 rings (SSSR count). The molecule has 1 aliphatic heterocycles. The van der Waals surface area contributed by atoms with Crippen molar-refractivity contribution >= 4 is 23.6 Å². The first-order valence-electron chi connectivity index (χ1n) is 12.2. The van der Waals surface area contributed by atoms with Crippen LogP contribution >= 0.6 is 0 Å². The van der Waals surface area contributed by atoms with E-state index in [2.05, 4.69) is 10.3 Å². The second-order valence-electron chi connectivity index (χ2n) is 8.85. The van der Waals surface area contributed by atoms with E-state index in [0.29, 0.717) is 42.9 Å². The molecule has 0 saturated carbocycles. The summed E-state index contributed by atoms with van der Waals surface area (Å²) < 4.78 is 38.8. The Kier molecular flexibility index (Phi) is 8.88. The van der Waals surface area contributed by atoms with Crippen LogP contribution in [0.3, 0.4) is 0 Å². The van der Waals surface area contributed by atoms with Gasteiger partial charge >= 0.3 is 12.0 Å². The van der Waals surface area contributed by atoms with E-state index in [1.54, 1.807) is 24.3 Å². The molecule has 1 aliphatic rings. The van der Waals surface area contributed by atoms with Crippen molar-refractivity contribution in [1.29, 1.82) is 0 Å². The van der Waals surface area contributed by atoms with Gasteiger partial charge in [0, 0.05) is 24.6 Å². The minimum atomic E-state index is -1.24. The van der Waals surface area contributed by atoms with Crippen molar-refractivity contribution in [3.8, 4) is 5.75 Å². The summed E-state index contributed by atoms with van der Waals surface area (Å²) >= 11 is 0.